The lowest BCUT2D eigenvalue weighted by Gasteiger charge is -2.01. The summed E-state index contributed by atoms with van der Waals surface area (Å²) < 4.78 is 5.80. The normalized spacial score (nSPS) is 10.3. The smallest absolute Gasteiger partial charge is 0.345 e. The quantitative estimate of drug-likeness (QED) is 0.414. The van der Waals surface area contributed by atoms with E-state index in [0.29, 0.717) is 0 Å². The van der Waals surface area contributed by atoms with Crippen molar-refractivity contribution < 1.29 is 14.5 Å². The highest BCUT2D eigenvalue weighted by Gasteiger charge is 2.26. The first-order chi connectivity index (χ1) is 7.65. The van der Waals surface area contributed by atoms with E-state index in [4.69, 9.17) is 0 Å². The van der Waals surface area contributed by atoms with Crippen molar-refractivity contribution in [2.45, 2.75) is 0 Å². The minimum atomic E-state index is -0.780. The Bertz CT molecular complexity index is 576. The number of ether oxygens (including phenoxy) is 1. The van der Waals surface area contributed by atoms with Gasteiger partial charge in [0.15, 0.2) is 0 Å². The molecule has 2 heterocycles. The second kappa shape index (κ2) is 3.57. The van der Waals surface area contributed by atoms with E-state index in [9.17, 15) is 14.9 Å². The summed E-state index contributed by atoms with van der Waals surface area (Å²) in [6.07, 6.45) is 2.76. The number of hydrogen-bond donors (Lipinski definition) is 0. The molecule has 0 N–H and O–H groups in total. The standard InChI is InChI=1S/C8H6N4O4/c1-16-8(13)5-2-3-11-4-9-10-7(11)6(5)12(14)15/h2-4H,1H3. The van der Waals surface area contributed by atoms with Crippen molar-refractivity contribution in [3.8, 4) is 0 Å². The SMILES string of the molecule is COC(=O)c1ccn2cnnc2c1[N+](=O)[O-]. The summed E-state index contributed by atoms with van der Waals surface area (Å²) in [5.41, 5.74) is -0.548. The van der Waals surface area contributed by atoms with Crippen LogP contribution in [0.25, 0.3) is 5.65 Å². The first kappa shape index (κ1) is 10.0. The van der Waals surface area contributed by atoms with Crippen molar-refractivity contribution >= 4 is 17.3 Å². The number of nitro groups is 1. The fraction of sp³-hybridized carbons (Fsp3) is 0.125. The molecule has 0 aliphatic rings. The highest BCUT2D eigenvalue weighted by atomic mass is 16.6. The van der Waals surface area contributed by atoms with E-state index in [1.54, 1.807) is 0 Å². The van der Waals surface area contributed by atoms with Gasteiger partial charge < -0.3 is 4.74 Å². The zero-order chi connectivity index (χ0) is 11.7. The molecule has 16 heavy (non-hydrogen) atoms. The van der Waals surface area contributed by atoms with Gasteiger partial charge in [0, 0.05) is 6.20 Å². The van der Waals surface area contributed by atoms with Crippen molar-refractivity contribution in [3.05, 3.63) is 34.3 Å². The molecule has 0 aliphatic carbocycles. The van der Waals surface area contributed by atoms with Gasteiger partial charge in [0.1, 0.15) is 11.9 Å². The molecule has 0 spiro atoms. The zero-order valence-corrected chi connectivity index (χ0v) is 8.15. The summed E-state index contributed by atoms with van der Waals surface area (Å²) in [5.74, 6) is -0.780. The second-order valence-corrected chi connectivity index (χ2v) is 2.89. The molecule has 2 rings (SSSR count). The van der Waals surface area contributed by atoms with Crippen molar-refractivity contribution in [2.24, 2.45) is 0 Å². The maximum atomic E-state index is 11.3. The number of rotatable bonds is 2. The van der Waals surface area contributed by atoms with Crippen LogP contribution in [-0.2, 0) is 4.74 Å². The zero-order valence-electron chi connectivity index (χ0n) is 8.15. The summed E-state index contributed by atoms with van der Waals surface area (Å²) in [5, 5.41) is 18.0. The van der Waals surface area contributed by atoms with Gasteiger partial charge in [0.25, 0.3) is 0 Å². The van der Waals surface area contributed by atoms with E-state index >= 15 is 0 Å². The average Bonchev–Trinajstić information content (AvgIpc) is 2.73. The Morgan fingerprint density at radius 2 is 2.38 bits per heavy atom. The topological polar surface area (TPSA) is 99.6 Å². The van der Waals surface area contributed by atoms with Gasteiger partial charge in [-0.2, -0.15) is 0 Å². The van der Waals surface area contributed by atoms with E-state index in [1.807, 2.05) is 0 Å². The molecule has 0 amide bonds. The molecule has 2 aromatic rings. The van der Waals surface area contributed by atoms with Crippen LogP contribution < -0.4 is 0 Å². The Morgan fingerprint density at radius 1 is 1.62 bits per heavy atom. The Morgan fingerprint density at radius 3 is 3.00 bits per heavy atom. The van der Waals surface area contributed by atoms with E-state index in [-0.39, 0.29) is 11.2 Å². The molecule has 0 atom stereocenters. The van der Waals surface area contributed by atoms with Gasteiger partial charge in [-0.1, -0.05) is 0 Å². The molecule has 8 heteroatoms. The van der Waals surface area contributed by atoms with Crippen molar-refractivity contribution in [1.82, 2.24) is 14.6 Å². The fourth-order valence-electron chi connectivity index (χ4n) is 1.33. The van der Waals surface area contributed by atoms with E-state index < -0.39 is 16.6 Å². The number of hydrogen-bond acceptors (Lipinski definition) is 6. The van der Waals surface area contributed by atoms with Gasteiger partial charge in [-0.3, -0.25) is 14.5 Å². The summed E-state index contributed by atoms with van der Waals surface area (Å²) >= 11 is 0. The lowest BCUT2D eigenvalue weighted by Crippen LogP contribution is -2.07. The van der Waals surface area contributed by atoms with Gasteiger partial charge in [-0.15, -0.1) is 10.2 Å². The summed E-state index contributed by atoms with van der Waals surface area (Å²) in [7, 11) is 1.15. The first-order valence-electron chi connectivity index (χ1n) is 4.20. The molecule has 2 aromatic heterocycles. The Kier molecular flexibility index (Phi) is 2.24. The first-order valence-corrected chi connectivity index (χ1v) is 4.20. The third-order valence-corrected chi connectivity index (χ3v) is 2.03. The lowest BCUT2D eigenvalue weighted by atomic mass is 10.2. The van der Waals surface area contributed by atoms with Gasteiger partial charge in [-0.05, 0) is 6.07 Å². The predicted octanol–water partition coefficient (Wildman–Crippen LogP) is 0.424. The third-order valence-electron chi connectivity index (χ3n) is 2.03. The van der Waals surface area contributed by atoms with Crippen LogP contribution in [0.2, 0.25) is 0 Å². The summed E-state index contributed by atoms with van der Waals surface area (Å²) in [6.45, 7) is 0. The van der Waals surface area contributed by atoms with Crippen LogP contribution in [0.1, 0.15) is 10.4 Å². The van der Waals surface area contributed by atoms with Crippen LogP contribution in [0.3, 0.4) is 0 Å². The van der Waals surface area contributed by atoms with E-state index in [2.05, 4.69) is 14.9 Å². The molecular formula is C8H6N4O4. The van der Waals surface area contributed by atoms with Gasteiger partial charge in [0.05, 0.1) is 12.0 Å². The Balaban J connectivity index is 2.78. The Labute approximate surface area is 88.6 Å². The predicted molar refractivity (Wildman–Crippen MR) is 51.0 cm³/mol. The van der Waals surface area contributed by atoms with Crippen LogP contribution in [0.4, 0.5) is 5.69 Å². The van der Waals surface area contributed by atoms with Crippen molar-refractivity contribution in [1.29, 1.82) is 0 Å². The molecule has 8 nitrogen and oxygen atoms in total. The van der Waals surface area contributed by atoms with Gasteiger partial charge in [0.2, 0.25) is 5.65 Å². The van der Waals surface area contributed by atoms with Gasteiger partial charge >= 0.3 is 11.7 Å². The minimum Gasteiger partial charge on any atom is -0.465 e. The van der Waals surface area contributed by atoms with Crippen LogP contribution in [0.15, 0.2) is 18.6 Å². The molecule has 0 unspecified atom stereocenters. The van der Waals surface area contributed by atoms with E-state index in [0.717, 1.165) is 7.11 Å². The molecule has 0 radical (unpaired) electrons. The van der Waals surface area contributed by atoms with Crippen LogP contribution in [-0.4, -0.2) is 32.6 Å². The number of fused-ring (bicyclic) bond motifs is 1. The molecule has 0 aliphatic heterocycles. The molecule has 0 aromatic carbocycles. The third kappa shape index (κ3) is 1.36. The average molecular weight is 222 g/mol. The number of carbonyl (C=O) groups excluding carboxylic acids is 1. The lowest BCUT2D eigenvalue weighted by molar-refractivity contribution is -0.383. The molecule has 82 valence electrons. The van der Waals surface area contributed by atoms with E-state index in [1.165, 1.54) is 23.0 Å². The number of carbonyl (C=O) groups is 1. The second-order valence-electron chi connectivity index (χ2n) is 2.89. The molecule has 0 saturated heterocycles. The van der Waals surface area contributed by atoms with Crippen LogP contribution >= 0.6 is 0 Å². The minimum absolute atomic E-state index is 0.00731. The molecular weight excluding hydrogens is 216 g/mol. The largest absolute Gasteiger partial charge is 0.465 e. The van der Waals surface area contributed by atoms with Crippen LogP contribution in [0.5, 0.6) is 0 Å². The number of methoxy groups -OCH3 is 1. The molecule has 0 bridgehead atoms. The molecule has 0 saturated carbocycles. The number of pyridine rings is 1. The summed E-state index contributed by atoms with van der Waals surface area (Å²) in [4.78, 5) is 21.5. The van der Waals surface area contributed by atoms with Crippen molar-refractivity contribution in [2.75, 3.05) is 7.11 Å². The van der Waals surface area contributed by atoms with Crippen LogP contribution in [0, 0.1) is 10.1 Å². The maximum absolute atomic E-state index is 11.3. The monoisotopic (exact) mass is 222 g/mol. The number of nitrogens with zero attached hydrogens (tertiary/aromatic N) is 4. The summed E-state index contributed by atoms with van der Waals surface area (Å²) in [6, 6.07) is 1.29. The fourth-order valence-corrected chi connectivity index (χ4v) is 1.33. The number of esters is 1. The maximum Gasteiger partial charge on any atom is 0.345 e. The van der Waals surface area contributed by atoms with Crippen molar-refractivity contribution in [3.63, 3.8) is 0 Å². The number of aromatic nitrogens is 3. The highest BCUT2D eigenvalue weighted by molar-refractivity contribution is 5.96. The molecule has 0 fully saturated rings. The van der Waals surface area contributed by atoms with Gasteiger partial charge in [-0.25, -0.2) is 4.79 Å². The Hall–Kier alpha value is -2.51. The highest BCUT2D eigenvalue weighted by Crippen LogP contribution is 2.23.